The molecule has 0 fully saturated rings. The zero-order valence-corrected chi connectivity index (χ0v) is 15.2. The van der Waals surface area contributed by atoms with Crippen LogP contribution in [-0.2, 0) is 10.0 Å². The van der Waals surface area contributed by atoms with Gasteiger partial charge >= 0.3 is 0 Å². The first kappa shape index (κ1) is 19.0. The highest BCUT2D eigenvalue weighted by Crippen LogP contribution is 2.31. The van der Waals surface area contributed by atoms with Crippen molar-refractivity contribution in [1.82, 2.24) is 4.72 Å². The van der Waals surface area contributed by atoms with E-state index in [-0.39, 0.29) is 20.0 Å². The second-order valence-electron chi connectivity index (χ2n) is 4.97. The molecule has 1 unspecified atom stereocenters. The van der Waals surface area contributed by atoms with Gasteiger partial charge in [-0.15, -0.1) is 0 Å². The van der Waals surface area contributed by atoms with Crippen LogP contribution >= 0.6 is 34.8 Å². The quantitative estimate of drug-likeness (QED) is 0.642. The summed E-state index contributed by atoms with van der Waals surface area (Å²) in [5.74, 6) is 0.321. The lowest BCUT2D eigenvalue weighted by molar-refractivity contribution is 0.444. The van der Waals surface area contributed by atoms with Gasteiger partial charge in [-0.25, -0.2) is 13.1 Å². The average molecular weight is 373 g/mol. The lowest BCUT2D eigenvalue weighted by atomic mass is 10.00. The van der Waals surface area contributed by atoms with Crippen molar-refractivity contribution in [3.05, 3.63) is 27.2 Å². The van der Waals surface area contributed by atoms with Gasteiger partial charge in [-0.05, 0) is 24.5 Å². The lowest BCUT2D eigenvalue weighted by Crippen LogP contribution is -2.29. The van der Waals surface area contributed by atoms with Crippen molar-refractivity contribution in [2.75, 3.05) is 6.54 Å². The highest BCUT2D eigenvalue weighted by molar-refractivity contribution is 7.89. The maximum Gasteiger partial charge on any atom is 0.242 e. The van der Waals surface area contributed by atoms with Crippen molar-refractivity contribution >= 4 is 44.8 Å². The Labute approximate surface area is 142 Å². The molecule has 3 nitrogen and oxygen atoms in total. The zero-order chi connectivity index (χ0) is 16.0. The van der Waals surface area contributed by atoms with Gasteiger partial charge < -0.3 is 0 Å². The molecule has 0 saturated carbocycles. The van der Waals surface area contributed by atoms with Crippen LogP contribution in [0.3, 0.4) is 0 Å². The summed E-state index contributed by atoms with van der Waals surface area (Å²) >= 11 is 17.6. The molecular weight excluding hydrogens is 353 g/mol. The van der Waals surface area contributed by atoms with E-state index in [9.17, 15) is 8.42 Å². The molecule has 1 rings (SSSR count). The summed E-state index contributed by atoms with van der Waals surface area (Å²) in [6, 6.07) is 2.62. The normalized spacial score (nSPS) is 13.4. The second kappa shape index (κ2) is 8.59. The summed E-state index contributed by atoms with van der Waals surface area (Å²) in [7, 11) is -3.69. The molecule has 0 saturated heterocycles. The number of unbranched alkanes of at least 4 members (excludes halogenated alkanes) is 1. The predicted octanol–water partition coefficient (Wildman–Crippen LogP) is 5.14. The van der Waals surface area contributed by atoms with Crippen LogP contribution in [0.5, 0.6) is 0 Å². The number of rotatable bonds is 8. The van der Waals surface area contributed by atoms with Crippen molar-refractivity contribution in [3.8, 4) is 0 Å². The molecule has 1 atom stereocenters. The van der Waals surface area contributed by atoms with Crippen LogP contribution in [0.2, 0.25) is 15.1 Å². The monoisotopic (exact) mass is 371 g/mol. The SMILES string of the molecule is CCCCC(CC)CNS(=O)(=O)c1cc(Cl)c(Cl)cc1Cl. The number of halogens is 3. The molecule has 0 radical (unpaired) electrons. The van der Waals surface area contributed by atoms with Crippen LogP contribution in [-0.4, -0.2) is 15.0 Å². The van der Waals surface area contributed by atoms with E-state index in [1.165, 1.54) is 12.1 Å². The van der Waals surface area contributed by atoms with Gasteiger partial charge in [0.1, 0.15) is 4.90 Å². The van der Waals surface area contributed by atoms with Gasteiger partial charge in [0.2, 0.25) is 10.0 Å². The summed E-state index contributed by atoms with van der Waals surface area (Å²) in [5, 5.41) is 0.466. The fourth-order valence-electron chi connectivity index (χ4n) is 1.96. The number of hydrogen-bond donors (Lipinski definition) is 1. The topological polar surface area (TPSA) is 46.2 Å². The fraction of sp³-hybridized carbons (Fsp3) is 0.571. The van der Waals surface area contributed by atoms with Crippen LogP contribution in [0.15, 0.2) is 17.0 Å². The molecule has 1 N–H and O–H groups in total. The molecule has 0 spiro atoms. The van der Waals surface area contributed by atoms with Crippen molar-refractivity contribution < 1.29 is 8.42 Å². The molecule has 1 aromatic rings. The maximum absolute atomic E-state index is 12.3. The third kappa shape index (κ3) is 5.61. The predicted molar refractivity (Wildman–Crippen MR) is 90.0 cm³/mol. The molecule has 120 valence electrons. The van der Waals surface area contributed by atoms with Crippen LogP contribution < -0.4 is 4.72 Å². The van der Waals surface area contributed by atoms with Gasteiger partial charge in [0.05, 0.1) is 15.1 Å². The van der Waals surface area contributed by atoms with E-state index >= 15 is 0 Å². The second-order valence-corrected chi connectivity index (χ2v) is 7.92. The van der Waals surface area contributed by atoms with Crippen LogP contribution in [0, 0.1) is 5.92 Å². The molecule has 0 aliphatic heterocycles. The highest BCUT2D eigenvalue weighted by atomic mass is 35.5. The Morgan fingerprint density at radius 3 is 2.29 bits per heavy atom. The molecular formula is C14H20Cl3NO2S. The minimum absolute atomic E-state index is 0.0380. The van der Waals surface area contributed by atoms with Gasteiger partial charge in [0.25, 0.3) is 0 Å². The summed E-state index contributed by atoms with van der Waals surface area (Å²) in [4.78, 5) is -0.0380. The van der Waals surface area contributed by atoms with E-state index < -0.39 is 10.0 Å². The zero-order valence-electron chi connectivity index (χ0n) is 12.1. The lowest BCUT2D eigenvalue weighted by Gasteiger charge is -2.16. The fourth-order valence-corrected chi connectivity index (χ4v) is 4.07. The van der Waals surface area contributed by atoms with Crippen molar-refractivity contribution in [2.24, 2.45) is 5.92 Å². The Morgan fingerprint density at radius 2 is 1.71 bits per heavy atom. The Bertz CT molecular complexity index is 576. The Kier molecular flexibility index (Phi) is 7.79. The van der Waals surface area contributed by atoms with Crippen LogP contribution in [0.1, 0.15) is 39.5 Å². The van der Waals surface area contributed by atoms with E-state index in [2.05, 4.69) is 18.6 Å². The smallest absolute Gasteiger partial charge is 0.211 e. The summed E-state index contributed by atoms with van der Waals surface area (Å²) < 4.78 is 27.2. The summed E-state index contributed by atoms with van der Waals surface area (Å²) in [5.41, 5.74) is 0. The highest BCUT2D eigenvalue weighted by Gasteiger charge is 2.21. The van der Waals surface area contributed by atoms with Crippen LogP contribution in [0.25, 0.3) is 0 Å². The Balaban J connectivity index is 2.84. The molecule has 1 aromatic carbocycles. The first-order valence-corrected chi connectivity index (χ1v) is 9.57. The molecule has 0 aliphatic carbocycles. The van der Waals surface area contributed by atoms with Crippen LogP contribution in [0.4, 0.5) is 0 Å². The molecule has 0 bridgehead atoms. The molecule has 0 aliphatic rings. The van der Waals surface area contributed by atoms with E-state index in [4.69, 9.17) is 34.8 Å². The van der Waals surface area contributed by atoms with E-state index in [0.717, 1.165) is 25.7 Å². The molecule has 0 amide bonds. The molecule has 0 heterocycles. The third-order valence-electron chi connectivity index (χ3n) is 3.37. The standard InChI is InChI=1S/C14H20Cl3NO2S/c1-3-5-6-10(4-2)9-18-21(19,20)14-8-12(16)11(15)7-13(14)17/h7-8,10,18H,3-6,9H2,1-2H3. The van der Waals surface area contributed by atoms with Gasteiger partial charge in [-0.3, -0.25) is 0 Å². The van der Waals surface area contributed by atoms with Gasteiger partial charge in [0, 0.05) is 6.54 Å². The minimum Gasteiger partial charge on any atom is -0.211 e. The van der Waals surface area contributed by atoms with Gasteiger partial charge in [-0.2, -0.15) is 0 Å². The molecule has 7 heteroatoms. The average Bonchev–Trinajstić information content (AvgIpc) is 2.43. The molecule has 0 aromatic heterocycles. The Morgan fingerprint density at radius 1 is 1.10 bits per heavy atom. The number of benzene rings is 1. The largest absolute Gasteiger partial charge is 0.242 e. The number of nitrogens with one attached hydrogen (secondary N) is 1. The van der Waals surface area contributed by atoms with Crippen molar-refractivity contribution in [1.29, 1.82) is 0 Å². The van der Waals surface area contributed by atoms with E-state index in [0.29, 0.717) is 12.5 Å². The number of hydrogen-bond acceptors (Lipinski definition) is 2. The Hall–Kier alpha value is -0.000000000000000111. The van der Waals surface area contributed by atoms with Gasteiger partial charge in [0.15, 0.2) is 0 Å². The van der Waals surface area contributed by atoms with E-state index in [1.807, 2.05) is 0 Å². The summed E-state index contributed by atoms with van der Waals surface area (Å²) in [6.45, 7) is 4.57. The summed E-state index contributed by atoms with van der Waals surface area (Å²) in [6.07, 6.45) is 4.12. The molecule has 21 heavy (non-hydrogen) atoms. The first-order chi connectivity index (χ1) is 9.81. The van der Waals surface area contributed by atoms with Crippen molar-refractivity contribution in [3.63, 3.8) is 0 Å². The van der Waals surface area contributed by atoms with Gasteiger partial charge in [-0.1, -0.05) is 67.9 Å². The maximum atomic E-state index is 12.3. The van der Waals surface area contributed by atoms with E-state index in [1.54, 1.807) is 0 Å². The number of sulfonamides is 1. The third-order valence-corrected chi connectivity index (χ3v) is 5.98. The van der Waals surface area contributed by atoms with Crippen molar-refractivity contribution in [2.45, 2.75) is 44.4 Å². The first-order valence-electron chi connectivity index (χ1n) is 6.96. The minimum atomic E-state index is -3.69.